The van der Waals surface area contributed by atoms with Gasteiger partial charge in [0.2, 0.25) is 5.91 Å². The fraction of sp³-hybridized carbons (Fsp3) is 0.579. The molecule has 0 aliphatic rings. The average Bonchev–Trinajstić information content (AvgIpc) is 2.52. The van der Waals surface area contributed by atoms with Crippen molar-refractivity contribution in [1.82, 2.24) is 5.32 Å². The number of hydrogen-bond donors (Lipinski definition) is 3. The number of nitrogens with two attached hydrogens (primary N) is 1. The van der Waals surface area contributed by atoms with E-state index in [1.807, 2.05) is 38.1 Å². The molecule has 0 fully saturated rings. The van der Waals surface area contributed by atoms with E-state index in [0.29, 0.717) is 24.8 Å². The highest BCUT2D eigenvalue weighted by Gasteiger charge is 2.05. The van der Waals surface area contributed by atoms with Crippen LogP contribution in [-0.4, -0.2) is 18.4 Å². The van der Waals surface area contributed by atoms with Crippen molar-refractivity contribution in [3.05, 3.63) is 29.8 Å². The van der Waals surface area contributed by atoms with Gasteiger partial charge in [0.05, 0.1) is 6.54 Å². The Morgan fingerprint density at radius 3 is 2.75 bits per heavy atom. The van der Waals surface area contributed by atoms with E-state index < -0.39 is 0 Å². The topological polar surface area (TPSA) is 79.5 Å². The van der Waals surface area contributed by atoms with Crippen LogP contribution in [0.25, 0.3) is 0 Å². The summed E-state index contributed by atoms with van der Waals surface area (Å²) in [6.07, 6.45) is 5.34. The molecular formula is C19H32N4O. The summed E-state index contributed by atoms with van der Waals surface area (Å²) < 4.78 is 0. The van der Waals surface area contributed by atoms with Crippen LogP contribution in [0.3, 0.4) is 0 Å². The van der Waals surface area contributed by atoms with E-state index in [1.165, 1.54) is 19.3 Å². The van der Waals surface area contributed by atoms with Gasteiger partial charge in [-0.3, -0.25) is 4.79 Å². The van der Waals surface area contributed by atoms with E-state index in [0.717, 1.165) is 24.2 Å². The number of aliphatic imine (C=N–C) groups is 1. The average molecular weight is 332 g/mol. The number of amides is 1. The standard InChI is InChI=1S/C19H32N4O/c1-4-5-6-7-11-21-19(20)22-14-16-9-8-10-17(13-16)23-18(24)12-15(2)3/h8-10,13,15H,4-7,11-12,14H2,1-3H3,(H,23,24)(H3,20,21,22). The molecule has 0 heterocycles. The van der Waals surface area contributed by atoms with E-state index in [9.17, 15) is 4.79 Å². The molecule has 0 atom stereocenters. The van der Waals surface area contributed by atoms with Crippen molar-refractivity contribution >= 4 is 17.6 Å². The zero-order valence-electron chi connectivity index (χ0n) is 15.3. The summed E-state index contributed by atoms with van der Waals surface area (Å²) in [4.78, 5) is 16.2. The minimum absolute atomic E-state index is 0.0407. The van der Waals surface area contributed by atoms with Gasteiger partial charge in [0, 0.05) is 18.7 Å². The highest BCUT2D eigenvalue weighted by Crippen LogP contribution is 2.13. The third-order valence-corrected chi connectivity index (χ3v) is 3.57. The van der Waals surface area contributed by atoms with E-state index >= 15 is 0 Å². The lowest BCUT2D eigenvalue weighted by molar-refractivity contribution is -0.116. The highest BCUT2D eigenvalue weighted by molar-refractivity contribution is 5.90. The summed E-state index contributed by atoms with van der Waals surface area (Å²) in [6.45, 7) is 7.62. The first kappa shape index (κ1) is 20.0. The minimum atomic E-state index is 0.0407. The second-order valence-corrected chi connectivity index (χ2v) is 6.54. The van der Waals surface area contributed by atoms with Gasteiger partial charge in [-0.05, 0) is 30.0 Å². The fourth-order valence-electron chi connectivity index (χ4n) is 2.33. The van der Waals surface area contributed by atoms with Crippen LogP contribution < -0.4 is 16.4 Å². The van der Waals surface area contributed by atoms with Crippen molar-refractivity contribution in [2.24, 2.45) is 16.6 Å². The molecule has 134 valence electrons. The van der Waals surface area contributed by atoms with Crippen molar-refractivity contribution in [3.63, 3.8) is 0 Å². The van der Waals surface area contributed by atoms with E-state index in [2.05, 4.69) is 22.5 Å². The SMILES string of the molecule is CCCCCCNC(N)=NCc1cccc(NC(=O)CC(C)C)c1. The van der Waals surface area contributed by atoms with Crippen LogP contribution in [0.1, 0.15) is 58.4 Å². The van der Waals surface area contributed by atoms with E-state index in [-0.39, 0.29) is 5.91 Å². The number of guanidine groups is 1. The summed E-state index contributed by atoms with van der Waals surface area (Å²) in [7, 11) is 0. The van der Waals surface area contributed by atoms with Crippen LogP contribution in [0.5, 0.6) is 0 Å². The van der Waals surface area contributed by atoms with Crippen molar-refractivity contribution in [3.8, 4) is 0 Å². The number of nitrogens with one attached hydrogen (secondary N) is 2. The van der Waals surface area contributed by atoms with Crippen molar-refractivity contribution in [2.45, 2.75) is 59.4 Å². The van der Waals surface area contributed by atoms with Gasteiger partial charge in [-0.25, -0.2) is 4.99 Å². The minimum Gasteiger partial charge on any atom is -0.370 e. The molecule has 24 heavy (non-hydrogen) atoms. The first-order valence-electron chi connectivity index (χ1n) is 8.93. The maximum absolute atomic E-state index is 11.8. The summed E-state index contributed by atoms with van der Waals surface area (Å²) in [5.41, 5.74) is 7.71. The van der Waals surface area contributed by atoms with Gasteiger partial charge in [-0.1, -0.05) is 52.2 Å². The molecular weight excluding hydrogens is 300 g/mol. The Hall–Kier alpha value is -2.04. The molecule has 0 aliphatic carbocycles. The first-order valence-corrected chi connectivity index (χ1v) is 8.93. The van der Waals surface area contributed by atoms with Crippen molar-refractivity contribution in [1.29, 1.82) is 0 Å². The Morgan fingerprint density at radius 1 is 1.25 bits per heavy atom. The predicted molar refractivity (Wildman–Crippen MR) is 102 cm³/mol. The van der Waals surface area contributed by atoms with Gasteiger partial charge in [0.25, 0.3) is 0 Å². The van der Waals surface area contributed by atoms with Crippen molar-refractivity contribution < 1.29 is 4.79 Å². The molecule has 5 nitrogen and oxygen atoms in total. The molecule has 0 saturated carbocycles. The zero-order valence-corrected chi connectivity index (χ0v) is 15.3. The Kier molecular flexibility index (Phi) is 9.58. The number of anilines is 1. The lowest BCUT2D eigenvalue weighted by Crippen LogP contribution is -2.32. The number of carbonyl (C=O) groups excluding carboxylic acids is 1. The molecule has 0 aliphatic heterocycles. The summed E-state index contributed by atoms with van der Waals surface area (Å²) in [5, 5.41) is 6.06. The maximum Gasteiger partial charge on any atom is 0.224 e. The van der Waals surface area contributed by atoms with E-state index in [4.69, 9.17) is 5.73 Å². The summed E-state index contributed by atoms with van der Waals surface area (Å²) in [5.74, 6) is 0.862. The van der Waals surface area contributed by atoms with Crippen LogP contribution in [0.4, 0.5) is 5.69 Å². The molecule has 0 radical (unpaired) electrons. The molecule has 0 unspecified atom stereocenters. The molecule has 1 aromatic carbocycles. The van der Waals surface area contributed by atoms with Gasteiger partial charge >= 0.3 is 0 Å². The molecule has 0 spiro atoms. The largest absolute Gasteiger partial charge is 0.370 e. The van der Waals surface area contributed by atoms with Crippen LogP contribution in [0, 0.1) is 5.92 Å². The molecule has 5 heteroatoms. The van der Waals surface area contributed by atoms with Crippen LogP contribution in [-0.2, 0) is 11.3 Å². The monoisotopic (exact) mass is 332 g/mol. The third kappa shape index (κ3) is 9.18. The lowest BCUT2D eigenvalue weighted by atomic mass is 10.1. The number of hydrogen-bond acceptors (Lipinski definition) is 2. The Bertz CT molecular complexity index is 526. The van der Waals surface area contributed by atoms with Gasteiger partial charge in [0.15, 0.2) is 5.96 Å². The summed E-state index contributed by atoms with van der Waals surface area (Å²) in [6, 6.07) is 7.73. The normalized spacial score (nSPS) is 11.6. The second-order valence-electron chi connectivity index (χ2n) is 6.54. The molecule has 0 bridgehead atoms. The molecule has 1 amide bonds. The quantitative estimate of drug-likeness (QED) is 0.347. The van der Waals surface area contributed by atoms with Gasteiger partial charge in [-0.15, -0.1) is 0 Å². The zero-order chi connectivity index (χ0) is 17.8. The van der Waals surface area contributed by atoms with Crippen molar-refractivity contribution in [2.75, 3.05) is 11.9 Å². The number of unbranched alkanes of at least 4 members (excludes halogenated alkanes) is 3. The third-order valence-electron chi connectivity index (χ3n) is 3.57. The second kappa shape index (κ2) is 11.5. The number of carbonyl (C=O) groups is 1. The Morgan fingerprint density at radius 2 is 2.04 bits per heavy atom. The van der Waals surface area contributed by atoms with Gasteiger partial charge in [0.1, 0.15) is 0 Å². The fourth-order valence-corrected chi connectivity index (χ4v) is 2.33. The summed E-state index contributed by atoms with van der Waals surface area (Å²) >= 11 is 0. The molecule has 0 saturated heterocycles. The number of nitrogens with zero attached hydrogens (tertiary/aromatic N) is 1. The predicted octanol–water partition coefficient (Wildman–Crippen LogP) is 3.66. The maximum atomic E-state index is 11.8. The Balaban J connectivity index is 2.43. The number of rotatable bonds is 10. The Labute approximate surface area is 146 Å². The van der Waals surface area contributed by atoms with Crippen LogP contribution in [0.2, 0.25) is 0 Å². The van der Waals surface area contributed by atoms with Gasteiger partial charge < -0.3 is 16.4 Å². The smallest absolute Gasteiger partial charge is 0.224 e. The number of benzene rings is 1. The van der Waals surface area contributed by atoms with E-state index in [1.54, 1.807) is 0 Å². The first-order chi connectivity index (χ1) is 11.5. The lowest BCUT2D eigenvalue weighted by Gasteiger charge is -2.09. The molecule has 1 aromatic rings. The van der Waals surface area contributed by atoms with Crippen LogP contribution >= 0.6 is 0 Å². The van der Waals surface area contributed by atoms with Gasteiger partial charge in [-0.2, -0.15) is 0 Å². The van der Waals surface area contributed by atoms with Crippen LogP contribution in [0.15, 0.2) is 29.3 Å². The highest BCUT2D eigenvalue weighted by atomic mass is 16.1. The molecule has 4 N–H and O–H groups in total. The molecule has 0 aromatic heterocycles. The molecule has 1 rings (SSSR count).